The van der Waals surface area contributed by atoms with Gasteiger partial charge in [0, 0.05) is 19.3 Å². The monoisotopic (exact) mass is 907 g/mol. The number of carbonyl (C=O) groups excluding carboxylic acids is 3. The van der Waals surface area contributed by atoms with Crippen LogP contribution in [0.5, 0.6) is 0 Å². The second kappa shape index (κ2) is 53.5. The zero-order valence-electron chi connectivity index (χ0n) is 42.7. The molecule has 0 N–H and O–H groups in total. The van der Waals surface area contributed by atoms with E-state index in [-0.39, 0.29) is 31.1 Å². The van der Waals surface area contributed by atoms with Crippen molar-refractivity contribution in [2.45, 2.75) is 271 Å². The lowest BCUT2D eigenvalue weighted by atomic mass is 10.0. The minimum atomic E-state index is -0.786. The van der Waals surface area contributed by atoms with Crippen LogP contribution >= 0.6 is 0 Å². The maximum atomic E-state index is 12.8. The van der Waals surface area contributed by atoms with Crippen molar-refractivity contribution in [2.24, 2.45) is 0 Å². The predicted octanol–water partition coefficient (Wildman–Crippen LogP) is 18.2. The Bertz CT molecular complexity index is 1230. The third kappa shape index (κ3) is 51.7. The van der Waals surface area contributed by atoms with Gasteiger partial charge in [-0.25, -0.2) is 0 Å². The van der Waals surface area contributed by atoms with E-state index in [1.807, 2.05) is 24.3 Å². The molecular weight excluding hydrogens is 805 g/mol. The zero-order chi connectivity index (χ0) is 47.2. The molecule has 0 bridgehead atoms. The number of hydrogen-bond donors (Lipinski definition) is 0. The predicted molar refractivity (Wildman–Crippen MR) is 279 cm³/mol. The molecule has 0 rings (SSSR count). The summed E-state index contributed by atoms with van der Waals surface area (Å²) in [5.41, 5.74) is 0. The van der Waals surface area contributed by atoms with Crippen LogP contribution in [-0.2, 0) is 28.6 Å². The van der Waals surface area contributed by atoms with E-state index in [1.165, 1.54) is 141 Å². The highest BCUT2D eigenvalue weighted by atomic mass is 16.6. The average molecular weight is 907 g/mol. The van der Waals surface area contributed by atoms with Crippen LogP contribution in [0, 0.1) is 0 Å². The largest absolute Gasteiger partial charge is 0.462 e. The van der Waals surface area contributed by atoms with Crippen molar-refractivity contribution in [1.29, 1.82) is 0 Å². The van der Waals surface area contributed by atoms with Crippen molar-refractivity contribution in [2.75, 3.05) is 13.2 Å². The van der Waals surface area contributed by atoms with Gasteiger partial charge in [-0.1, -0.05) is 254 Å². The first kappa shape index (κ1) is 61.9. The van der Waals surface area contributed by atoms with Gasteiger partial charge < -0.3 is 14.2 Å². The fraction of sp³-hybridized carbons (Fsp3) is 0.746. The summed E-state index contributed by atoms with van der Waals surface area (Å²) < 4.78 is 16.8. The van der Waals surface area contributed by atoms with E-state index in [4.69, 9.17) is 14.2 Å². The van der Waals surface area contributed by atoms with Crippen LogP contribution in [0.2, 0.25) is 0 Å². The van der Waals surface area contributed by atoms with Crippen LogP contribution in [0.25, 0.3) is 0 Å². The Morgan fingerprint density at radius 3 is 0.969 bits per heavy atom. The smallest absolute Gasteiger partial charge is 0.306 e. The molecule has 0 aliphatic carbocycles. The quantitative estimate of drug-likeness (QED) is 0.0199. The molecule has 0 fully saturated rings. The van der Waals surface area contributed by atoms with Gasteiger partial charge in [0.2, 0.25) is 0 Å². The van der Waals surface area contributed by atoms with Crippen molar-refractivity contribution >= 4 is 17.9 Å². The SMILES string of the molecule is CCC\C=C/C=C\C=C/C=C\C=C/CCCCCCCC(=O)OCC(COC(=O)CCCCCCCCCCCCCC)OC(=O)CCCCCCCCC/C=C\CCCCCCCC. The van der Waals surface area contributed by atoms with Crippen molar-refractivity contribution in [3.63, 3.8) is 0 Å². The summed E-state index contributed by atoms with van der Waals surface area (Å²) in [5, 5.41) is 0. The van der Waals surface area contributed by atoms with Crippen molar-refractivity contribution in [3.8, 4) is 0 Å². The van der Waals surface area contributed by atoms with Crippen LogP contribution in [0.15, 0.2) is 72.9 Å². The van der Waals surface area contributed by atoms with E-state index in [2.05, 4.69) is 69.4 Å². The number of rotatable bonds is 49. The molecule has 65 heavy (non-hydrogen) atoms. The summed E-state index contributed by atoms with van der Waals surface area (Å²) in [7, 11) is 0. The van der Waals surface area contributed by atoms with Gasteiger partial charge >= 0.3 is 17.9 Å². The fourth-order valence-electron chi connectivity index (χ4n) is 7.64. The van der Waals surface area contributed by atoms with Gasteiger partial charge in [-0.05, 0) is 64.2 Å². The molecule has 0 aromatic rings. The minimum absolute atomic E-state index is 0.0837. The highest BCUT2D eigenvalue weighted by Gasteiger charge is 2.19. The Hall–Kier alpha value is -3.15. The first-order valence-electron chi connectivity index (χ1n) is 27.5. The van der Waals surface area contributed by atoms with Gasteiger partial charge in [0.25, 0.3) is 0 Å². The van der Waals surface area contributed by atoms with Crippen molar-refractivity contribution in [3.05, 3.63) is 72.9 Å². The van der Waals surface area contributed by atoms with Gasteiger partial charge in [0.05, 0.1) is 0 Å². The Balaban J connectivity index is 4.42. The fourth-order valence-corrected chi connectivity index (χ4v) is 7.64. The van der Waals surface area contributed by atoms with Crippen LogP contribution < -0.4 is 0 Å². The molecule has 0 spiro atoms. The molecule has 0 saturated carbocycles. The molecule has 0 amide bonds. The summed E-state index contributed by atoms with van der Waals surface area (Å²) >= 11 is 0. The van der Waals surface area contributed by atoms with Gasteiger partial charge in [0.1, 0.15) is 13.2 Å². The van der Waals surface area contributed by atoms with E-state index in [0.29, 0.717) is 19.3 Å². The summed E-state index contributed by atoms with van der Waals surface area (Å²) in [6.07, 6.45) is 67.3. The summed E-state index contributed by atoms with van der Waals surface area (Å²) in [6.45, 7) is 6.53. The molecule has 0 heterocycles. The molecule has 6 nitrogen and oxygen atoms in total. The first-order chi connectivity index (χ1) is 32.0. The Morgan fingerprint density at radius 2 is 0.600 bits per heavy atom. The maximum absolute atomic E-state index is 12.8. The van der Waals surface area contributed by atoms with Gasteiger partial charge in [0.15, 0.2) is 6.10 Å². The molecule has 0 aromatic carbocycles. The summed E-state index contributed by atoms with van der Waals surface area (Å²) in [4.78, 5) is 38.1. The topological polar surface area (TPSA) is 78.9 Å². The average Bonchev–Trinajstić information content (AvgIpc) is 3.30. The van der Waals surface area contributed by atoms with Crippen molar-refractivity contribution in [1.82, 2.24) is 0 Å². The molecule has 0 radical (unpaired) electrons. The second-order valence-corrected chi connectivity index (χ2v) is 18.3. The third-order valence-corrected chi connectivity index (χ3v) is 11.8. The molecule has 0 aliphatic rings. The van der Waals surface area contributed by atoms with Crippen LogP contribution in [-0.4, -0.2) is 37.2 Å². The number of carbonyl (C=O) groups is 3. The number of ether oxygens (including phenoxy) is 3. The molecule has 1 unspecified atom stereocenters. The lowest BCUT2D eigenvalue weighted by Crippen LogP contribution is -2.30. The molecule has 0 saturated heterocycles. The lowest BCUT2D eigenvalue weighted by molar-refractivity contribution is -0.167. The van der Waals surface area contributed by atoms with E-state index < -0.39 is 6.10 Å². The molecular formula is C59H102O6. The highest BCUT2D eigenvalue weighted by Crippen LogP contribution is 2.15. The molecule has 0 aliphatic heterocycles. The second-order valence-electron chi connectivity index (χ2n) is 18.3. The van der Waals surface area contributed by atoms with E-state index in [9.17, 15) is 14.4 Å². The van der Waals surface area contributed by atoms with E-state index >= 15 is 0 Å². The number of unbranched alkanes of at least 4 members (excludes halogenated alkanes) is 30. The number of hydrogen-bond acceptors (Lipinski definition) is 6. The summed E-state index contributed by atoms with van der Waals surface area (Å²) in [5.74, 6) is -0.908. The van der Waals surface area contributed by atoms with Gasteiger partial charge in [-0.3, -0.25) is 14.4 Å². The van der Waals surface area contributed by atoms with E-state index in [1.54, 1.807) is 0 Å². The van der Waals surface area contributed by atoms with Crippen LogP contribution in [0.3, 0.4) is 0 Å². The molecule has 6 heteroatoms. The van der Waals surface area contributed by atoms with Gasteiger partial charge in [-0.2, -0.15) is 0 Å². The Labute approximate surface area is 402 Å². The normalized spacial score (nSPS) is 12.6. The Kier molecular flexibility index (Phi) is 50.9. The van der Waals surface area contributed by atoms with Crippen molar-refractivity contribution < 1.29 is 28.6 Å². The third-order valence-electron chi connectivity index (χ3n) is 11.8. The molecule has 1 atom stereocenters. The Morgan fingerprint density at radius 1 is 0.308 bits per heavy atom. The maximum Gasteiger partial charge on any atom is 0.306 e. The minimum Gasteiger partial charge on any atom is -0.462 e. The van der Waals surface area contributed by atoms with Crippen LogP contribution in [0.4, 0.5) is 0 Å². The standard InChI is InChI=1S/C59H102O6/c1-4-7-10-13-16-19-22-25-27-29-31-32-34-37-40-43-46-49-52-58(61)64-55-56(54-63-57(60)51-48-45-42-39-36-24-21-18-15-12-9-6-3)65-59(62)53-50-47-44-41-38-35-33-30-28-26-23-20-17-14-11-8-5-2/h10,13,16,19,22,25-29,31-32,56H,4-9,11-12,14-15,17-18,20-21,23-24,30,33-55H2,1-3H3/b13-10-,19-16-,25-22-,28-26-,29-27-,32-31-. The van der Waals surface area contributed by atoms with E-state index in [0.717, 1.165) is 83.5 Å². The first-order valence-corrected chi connectivity index (χ1v) is 27.5. The van der Waals surface area contributed by atoms with Gasteiger partial charge in [-0.15, -0.1) is 0 Å². The number of allylic oxidation sites excluding steroid dienone is 12. The summed E-state index contributed by atoms with van der Waals surface area (Å²) in [6, 6.07) is 0. The zero-order valence-corrected chi connectivity index (χ0v) is 42.7. The highest BCUT2D eigenvalue weighted by molar-refractivity contribution is 5.71. The van der Waals surface area contributed by atoms with Crippen LogP contribution in [0.1, 0.15) is 265 Å². The number of esters is 3. The molecule has 0 aromatic heterocycles. The molecule has 374 valence electrons. The lowest BCUT2D eigenvalue weighted by Gasteiger charge is -2.18.